The van der Waals surface area contributed by atoms with Gasteiger partial charge in [0.05, 0.1) is 23.7 Å². The van der Waals surface area contributed by atoms with Crippen LogP contribution in [0.5, 0.6) is 0 Å². The van der Waals surface area contributed by atoms with Gasteiger partial charge in [0.2, 0.25) is 0 Å². The summed E-state index contributed by atoms with van der Waals surface area (Å²) in [7, 11) is 0. The molecule has 0 spiro atoms. The third-order valence-electron chi connectivity index (χ3n) is 3.37. The van der Waals surface area contributed by atoms with Crippen molar-refractivity contribution in [1.29, 1.82) is 0 Å². The van der Waals surface area contributed by atoms with E-state index in [9.17, 15) is 4.79 Å². The Morgan fingerprint density at radius 1 is 1.30 bits per heavy atom. The Kier molecular flexibility index (Phi) is 4.34. The average molecular weight is 324 g/mol. The maximum Gasteiger partial charge on any atom is 0.272 e. The number of nitrogens with one attached hydrogen (secondary N) is 2. The SMILES string of the molecule is Cc1ccc(-c2[nH]ncc2/C=N\NC(=O)c2csc(C)c2)cc1. The number of hydrogen-bond donors (Lipinski definition) is 2. The highest BCUT2D eigenvalue weighted by Crippen LogP contribution is 2.20. The van der Waals surface area contributed by atoms with Gasteiger partial charge >= 0.3 is 0 Å². The first kappa shape index (κ1) is 15.2. The molecule has 0 aliphatic heterocycles. The summed E-state index contributed by atoms with van der Waals surface area (Å²) < 4.78 is 0. The summed E-state index contributed by atoms with van der Waals surface area (Å²) in [6.45, 7) is 4.00. The van der Waals surface area contributed by atoms with Crippen LogP contribution in [0.1, 0.15) is 26.4 Å². The van der Waals surface area contributed by atoms with Crippen LogP contribution in [-0.2, 0) is 0 Å². The smallest absolute Gasteiger partial charge is 0.272 e. The van der Waals surface area contributed by atoms with Gasteiger partial charge in [0.15, 0.2) is 0 Å². The van der Waals surface area contributed by atoms with Gasteiger partial charge in [0.25, 0.3) is 5.91 Å². The summed E-state index contributed by atoms with van der Waals surface area (Å²) in [5.41, 5.74) is 7.06. The maximum atomic E-state index is 11.9. The van der Waals surface area contributed by atoms with E-state index in [0.29, 0.717) is 5.56 Å². The number of carbonyl (C=O) groups excluding carboxylic acids is 1. The first-order valence-corrected chi connectivity index (χ1v) is 8.00. The lowest BCUT2D eigenvalue weighted by Crippen LogP contribution is -2.16. The van der Waals surface area contributed by atoms with Gasteiger partial charge in [0.1, 0.15) is 0 Å². The molecule has 6 heteroatoms. The number of benzene rings is 1. The van der Waals surface area contributed by atoms with Crippen LogP contribution in [0, 0.1) is 13.8 Å². The molecule has 116 valence electrons. The molecule has 0 aliphatic carbocycles. The summed E-state index contributed by atoms with van der Waals surface area (Å²) in [6, 6.07) is 9.96. The van der Waals surface area contributed by atoms with Crippen LogP contribution in [0.2, 0.25) is 0 Å². The van der Waals surface area contributed by atoms with Gasteiger partial charge in [-0.05, 0) is 19.9 Å². The van der Waals surface area contributed by atoms with Crippen molar-refractivity contribution in [3.63, 3.8) is 0 Å². The Balaban J connectivity index is 1.72. The molecule has 1 amide bonds. The maximum absolute atomic E-state index is 11.9. The van der Waals surface area contributed by atoms with Crippen LogP contribution in [-0.4, -0.2) is 22.3 Å². The summed E-state index contributed by atoms with van der Waals surface area (Å²) in [5, 5.41) is 12.9. The van der Waals surface area contributed by atoms with Gasteiger partial charge in [-0.3, -0.25) is 9.89 Å². The molecule has 1 aromatic carbocycles. The summed E-state index contributed by atoms with van der Waals surface area (Å²) >= 11 is 1.54. The highest BCUT2D eigenvalue weighted by molar-refractivity contribution is 7.10. The van der Waals surface area contributed by atoms with Crippen molar-refractivity contribution in [2.24, 2.45) is 5.10 Å². The molecular formula is C17H16N4OS. The topological polar surface area (TPSA) is 70.1 Å². The van der Waals surface area contributed by atoms with Crippen LogP contribution >= 0.6 is 11.3 Å². The lowest BCUT2D eigenvalue weighted by Gasteiger charge is -2.00. The highest BCUT2D eigenvalue weighted by Gasteiger charge is 2.07. The standard InChI is InChI=1S/C17H16N4OS/c1-11-3-5-13(6-4-11)16-15(8-18-20-16)9-19-21-17(22)14-7-12(2)23-10-14/h3-10H,1-2H3,(H,18,20)(H,21,22)/b19-9-. The van der Waals surface area contributed by atoms with E-state index < -0.39 is 0 Å². The zero-order valence-electron chi connectivity index (χ0n) is 12.8. The van der Waals surface area contributed by atoms with Crippen molar-refractivity contribution in [3.05, 3.63) is 63.5 Å². The van der Waals surface area contributed by atoms with Crippen molar-refractivity contribution in [2.75, 3.05) is 0 Å². The van der Waals surface area contributed by atoms with Crippen molar-refractivity contribution in [2.45, 2.75) is 13.8 Å². The molecule has 0 saturated heterocycles. The van der Waals surface area contributed by atoms with E-state index in [1.54, 1.807) is 12.4 Å². The molecule has 2 N–H and O–H groups in total. The largest absolute Gasteiger partial charge is 0.277 e. The molecule has 2 aromatic heterocycles. The lowest BCUT2D eigenvalue weighted by molar-refractivity contribution is 0.0955. The lowest BCUT2D eigenvalue weighted by atomic mass is 10.1. The van der Waals surface area contributed by atoms with Gasteiger partial charge in [-0.2, -0.15) is 10.2 Å². The van der Waals surface area contributed by atoms with Gasteiger partial charge in [-0.25, -0.2) is 5.43 Å². The van der Waals surface area contributed by atoms with E-state index in [1.807, 2.05) is 49.6 Å². The fourth-order valence-corrected chi connectivity index (χ4v) is 2.82. The Labute approximate surface area is 138 Å². The molecule has 0 radical (unpaired) electrons. The van der Waals surface area contributed by atoms with Crippen molar-refractivity contribution in [1.82, 2.24) is 15.6 Å². The number of nitrogens with zero attached hydrogens (tertiary/aromatic N) is 2. The van der Waals surface area contributed by atoms with Crippen molar-refractivity contribution >= 4 is 23.5 Å². The van der Waals surface area contributed by atoms with Crippen LogP contribution < -0.4 is 5.43 Å². The highest BCUT2D eigenvalue weighted by atomic mass is 32.1. The van der Waals surface area contributed by atoms with Crippen LogP contribution in [0.4, 0.5) is 0 Å². The molecule has 23 heavy (non-hydrogen) atoms. The normalized spacial score (nSPS) is 11.0. The third-order valence-corrected chi connectivity index (χ3v) is 4.23. The molecule has 2 heterocycles. The number of thiophene rings is 1. The number of aromatic amines is 1. The first-order chi connectivity index (χ1) is 11.1. The number of hydrazone groups is 1. The van der Waals surface area contributed by atoms with E-state index in [4.69, 9.17) is 0 Å². The van der Waals surface area contributed by atoms with E-state index in [0.717, 1.165) is 21.7 Å². The minimum atomic E-state index is -0.217. The van der Waals surface area contributed by atoms with Crippen molar-refractivity contribution < 1.29 is 4.79 Å². The number of carbonyl (C=O) groups is 1. The van der Waals surface area contributed by atoms with E-state index >= 15 is 0 Å². The molecule has 0 aliphatic rings. The van der Waals surface area contributed by atoms with Gasteiger partial charge in [-0.1, -0.05) is 29.8 Å². The second-order valence-corrected chi connectivity index (χ2v) is 6.33. The van der Waals surface area contributed by atoms with Crippen molar-refractivity contribution in [3.8, 4) is 11.3 Å². The summed E-state index contributed by atoms with van der Waals surface area (Å²) in [6.07, 6.45) is 3.27. The summed E-state index contributed by atoms with van der Waals surface area (Å²) in [5.74, 6) is -0.217. The minimum Gasteiger partial charge on any atom is -0.277 e. The zero-order chi connectivity index (χ0) is 16.2. The average Bonchev–Trinajstić information content (AvgIpc) is 3.17. The first-order valence-electron chi connectivity index (χ1n) is 7.12. The number of H-pyrrole nitrogens is 1. The van der Waals surface area contributed by atoms with E-state index in [-0.39, 0.29) is 5.91 Å². The van der Waals surface area contributed by atoms with Gasteiger partial charge in [0, 0.05) is 21.4 Å². The predicted molar refractivity (Wildman–Crippen MR) is 92.9 cm³/mol. The Bertz CT molecular complexity index is 846. The van der Waals surface area contributed by atoms with Gasteiger partial charge in [-0.15, -0.1) is 11.3 Å². The predicted octanol–water partition coefficient (Wildman–Crippen LogP) is 3.52. The molecular weight excluding hydrogens is 308 g/mol. The molecule has 0 atom stereocenters. The number of aryl methyl sites for hydroxylation is 2. The second-order valence-electron chi connectivity index (χ2n) is 5.21. The summed E-state index contributed by atoms with van der Waals surface area (Å²) in [4.78, 5) is 13.0. The fourth-order valence-electron chi connectivity index (χ4n) is 2.13. The number of amides is 1. The zero-order valence-corrected chi connectivity index (χ0v) is 13.6. The van der Waals surface area contributed by atoms with Crippen LogP contribution in [0.15, 0.2) is 47.0 Å². The van der Waals surface area contributed by atoms with Crippen LogP contribution in [0.3, 0.4) is 0 Å². The van der Waals surface area contributed by atoms with E-state index in [1.165, 1.54) is 16.9 Å². The van der Waals surface area contributed by atoms with E-state index in [2.05, 4.69) is 20.7 Å². The van der Waals surface area contributed by atoms with Gasteiger partial charge < -0.3 is 0 Å². The fraction of sp³-hybridized carbons (Fsp3) is 0.118. The monoisotopic (exact) mass is 324 g/mol. The third kappa shape index (κ3) is 3.54. The molecule has 0 unspecified atom stereocenters. The number of aromatic nitrogens is 2. The Morgan fingerprint density at radius 3 is 2.78 bits per heavy atom. The molecule has 0 fully saturated rings. The second kappa shape index (κ2) is 6.58. The number of rotatable bonds is 4. The molecule has 3 rings (SSSR count). The quantitative estimate of drug-likeness (QED) is 0.569. The molecule has 5 nitrogen and oxygen atoms in total. The molecule has 3 aromatic rings. The Hall–Kier alpha value is -2.73. The molecule has 0 saturated carbocycles. The minimum absolute atomic E-state index is 0.217. The van der Waals surface area contributed by atoms with Crippen LogP contribution in [0.25, 0.3) is 11.3 Å². The molecule has 0 bridgehead atoms. The Morgan fingerprint density at radius 2 is 2.09 bits per heavy atom. The number of hydrogen-bond acceptors (Lipinski definition) is 4.